The SMILES string of the molecule is COc1cc(-c2ccc3ncc4nc(C)n(C5CCN(C)CC5)c4c3c2)ccc1O. The number of hydrogen-bond acceptors (Lipinski definition) is 5. The Labute approximate surface area is 175 Å². The van der Waals surface area contributed by atoms with Gasteiger partial charge in [-0.05, 0) is 75.3 Å². The topological polar surface area (TPSA) is 63.4 Å². The summed E-state index contributed by atoms with van der Waals surface area (Å²) in [7, 11) is 3.75. The van der Waals surface area contributed by atoms with E-state index in [1.54, 1.807) is 13.2 Å². The van der Waals surface area contributed by atoms with Crippen LogP contribution in [0.2, 0.25) is 0 Å². The van der Waals surface area contributed by atoms with E-state index in [0.29, 0.717) is 11.8 Å². The van der Waals surface area contributed by atoms with Crippen LogP contribution in [0, 0.1) is 6.92 Å². The molecule has 5 rings (SSSR count). The number of phenols is 1. The van der Waals surface area contributed by atoms with Crippen LogP contribution in [0.5, 0.6) is 11.5 Å². The summed E-state index contributed by atoms with van der Waals surface area (Å²) >= 11 is 0. The van der Waals surface area contributed by atoms with Gasteiger partial charge in [0.05, 0.1) is 24.3 Å². The number of hydrogen-bond donors (Lipinski definition) is 1. The third-order valence-corrected chi connectivity index (χ3v) is 6.26. The molecule has 0 radical (unpaired) electrons. The maximum absolute atomic E-state index is 9.95. The highest BCUT2D eigenvalue weighted by atomic mass is 16.5. The Hall–Kier alpha value is -3.12. The van der Waals surface area contributed by atoms with Gasteiger partial charge in [-0.1, -0.05) is 12.1 Å². The lowest BCUT2D eigenvalue weighted by Crippen LogP contribution is -2.31. The van der Waals surface area contributed by atoms with Crippen molar-refractivity contribution in [3.05, 3.63) is 48.4 Å². The number of likely N-dealkylation sites (tertiary alicyclic amines) is 1. The number of ether oxygens (including phenoxy) is 1. The summed E-state index contributed by atoms with van der Waals surface area (Å²) in [5.74, 6) is 1.66. The fourth-order valence-electron chi connectivity index (χ4n) is 4.63. The summed E-state index contributed by atoms with van der Waals surface area (Å²) < 4.78 is 7.72. The van der Waals surface area contributed by atoms with Gasteiger partial charge in [-0.2, -0.15) is 0 Å². The Morgan fingerprint density at radius 1 is 1.03 bits per heavy atom. The summed E-state index contributed by atoms with van der Waals surface area (Å²) in [5, 5.41) is 11.1. The van der Waals surface area contributed by atoms with Gasteiger partial charge in [0.25, 0.3) is 0 Å². The van der Waals surface area contributed by atoms with E-state index >= 15 is 0 Å². The van der Waals surface area contributed by atoms with E-state index in [0.717, 1.165) is 59.3 Å². The number of phenolic OH excluding ortho intramolecular Hbond substituents is 1. The molecular formula is C24H26N4O2. The Bertz CT molecular complexity index is 1240. The van der Waals surface area contributed by atoms with Gasteiger partial charge in [0, 0.05) is 11.4 Å². The average Bonchev–Trinajstić information content (AvgIpc) is 3.10. The third kappa shape index (κ3) is 3.08. The van der Waals surface area contributed by atoms with Crippen LogP contribution in [-0.4, -0.2) is 51.8 Å². The van der Waals surface area contributed by atoms with Crippen LogP contribution in [0.4, 0.5) is 0 Å². The second kappa shape index (κ2) is 7.29. The molecule has 1 N–H and O–H groups in total. The first-order valence-corrected chi connectivity index (χ1v) is 10.4. The van der Waals surface area contributed by atoms with Crippen LogP contribution in [-0.2, 0) is 0 Å². The van der Waals surface area contributed by atoms with Gasteiger partial charge in [0.1, 0.15) is 11.3 Å². The smallest absolute Gasteiger partial charge is 0.161 e. The van der Waals surface area contributed by atoms with Crippen LogP contribution in [0.1, 0.15) is 24.7 Å². The number of piperidine rings is 1. The first-order chi connectivity index (χ1) is 14.5. The first-order valence-electron chi connectivity index (χ1n) is 10.4. The van der Waals surface area contributed by atoms with Crippen LogP contribution in [0.25, 0.3) is 33.1 Å². The molecule has 2 aromatic carbocycles. The zero-order valence-electron chi connectivity index (χ0n) is 17.6. The molecular weight excluding hydrogens is 376 g/mol. The maximum atomic E-state index is 9.95. The number of benzene rings is 2. The van der Waals surface area contributed by atoms with Crippen molar-refractivity contribution in [3.8, 4) is 22.6 Å². The molecule has 2 aromatic heterocycles. The highest BCUT2D eigenvalue weighted by Crippen LogP contribution is 2.36. The molecule has 0 amide bonds. The number of aromatic hydroxyl groups is 1. The standard InChI is InChI=1S/C24H26N4O2/c1-15-26-21-14-25-20-6-4-16(17-5-7-22(29)23(13-17)30-3)12-19(20)24(21)28(15)18-8-10-27(2)11-9-18/h4-7,12-14,18,29H,8-11H2,1-3H3. The molecule has 0 spiro atoms. The molecule has 1 aliphatic heterocycles. The lowest BCUT2D eigenvalue weighted by molar-refractivity contribution is 0.222. The summed E-state index contributed by atoms with van der Waals surface area (Å²) in [6.07, 6.45) is 4.14. The van der Waals surface area contributed by atoms with Gasteiger partial charge in [0.2, 0.25) is 0 Å². The molecule has 0 atom stereocenters. The number of methoxy groups -OCH3 is 1. The first kappa shape index (κ1) is 18.9. The Kier molecular flexibility index (Phi) is 4.59. The monoisotopic (exact) mass is 402 g/mol. The number of fused-ring (bicyclic) bond motifs is 3. The Morgan fingerprint density at radius 2 is 1.77 bits per heavy atom. The molecule has 6 heteroatoms. The molecule has 0 bridgehead atoms. The number of nitrogens with zero attached hydrogens (tertiary/aromatic N) is 4. The van der Waals surface area contributed by atoms with Crippen LogP contribution >= 0.6 is 0 Å². The largest absolute Gasteiger partial charge is 0.504 e. The van der Waals surface area contributed by atoms with E-state index in [9.17, 15) is 5.11 Å². The molecule has 4 aromatic rings. The summed E-state index contributed by atoms with van der Waals surface area (Å²) in [5.41, 5.74) is 5.12. The van der Waals surface area contributed by atoms with Crippen molar-refractivity contribution in [3.63, 3.8) is 0 Å². The summed E-state index contributed by atoms with van der Waals surface area (Å²) in [6, 6.07) is 12.2. The molecule has 30 heavy (non-hydrogen) atoms. The zero-order chi connectivity index (χ0) is 20.8. The zero-order valence-corrected chi connectivity index (χ0v) is 17.6. The molecule has 3 heterocycles. The molecule has 1 fully saturated rings. The lowest BCUT2D eigenvalue weighted by Gasteiger charge is -2.31. The van der Waals surface area contributed by atoms with Gasteiger partial charge in [-0.15, -0.1) is 0 Å². The number of aromatic nitrogens is 3. The molecule has 1 aliphatic rings. The molecule has 0 aliphatic carbocycles. The molecule has 154 valence electrons. The predicted octanol–water partition coefficient (Wildman–Crippen LogP) is 4.54. The van der Waals surface area contributed by atoms with Crippen molar-refractivity contribution in [2.75, 3.05) is 27.2 Å². The van der Waals surface area contributed by atoms with Gasteiger partial charge in [-0.25, -0.2) is 4.98 Å². The van der Waals surface area contributed by atoms with Crippen molar-refractivity contribution < 1.29 is 9.84 Å². The van der Waals surface area contributed by atoms with E-state index in [4.69, 9.17) is 9.72 Å². The number of rotatable bonds is 3. The van der Waals surface area contributed by atoms with Crippen molar-refractivity contribution in [1.82, 2.24) is 19.4 Å². The third-order valence-electron chi connectivity index (χ3n) is 6.26. The van der Waals surface area contributed by atoms with E-state index in [2.05, 4.69) is 46.6 Å². The van der Waals surface area contributed by atoms with Gasteiger partial charge in [-0.3, -0.25) is 4.98 Å². The number of imidazole rings is 1. The van der Waals surface area contributed by atoms with Crippen molar-refractivity contribution in [2.45, 2.75) is 25.8 Å². The summed E-state index contributed by atoms with van der Waals surface area (Å²) in [6.45, 7) is 4.30. The fraction of sp³-hybridized carbons (Fsp3) is 0.333. The maximum Gasteiger partial charge on any atom is 0.161 e. The molecule has 0 saturated carbocycles. The molecule has 6 nitrogen and oxygen atoms in total. The lowest BCUT2D eigenvalue weighted by atomic mass is 10.0. The second-order valence-corrected chi connectivity index (χ2v) is 8.17. The van der Waals surface area contributed by atoms with Gasteiger partial charge < -0.3 is 19.3 Å². The minimum atomic E-state index is 0.141. The van der Waals surface area contributed by atoms with E-state index in [1.807, 2.05) is 18.3 Å². The molecule has 0 unspecified atom stereocenters. The van der Waals surface area contributed by atoms with Crippen LogP contribution in [0.15, 0.2) is 42.6 Å². The highest BCUT2D eigenvalue weighted by molar-refractivity contribution is 6.04. The number of aryl methyl sites for hydroxylation is 1. The minimum Gasteiger partial charge on any atom is -0.504 e. The second-order valence-electron chi connectivity index (χ2n) is 8.17. The quantitative estimate of drug-likeness (QED) is 0.545. The fourth-order valence-corrected chi connectivity index (χ4v) is 4.63. The Morgan fingerprint density at radius 3 is 2.53 bits per heavy atom. The van der Waals surface area contributed by atoms with E-state index in [-0.39, 0.29) is 5.75 Å². The number of pyridine rings is 1. The van der Waals surface area contributed by atoms with Crippen LogP contribution in [0.3, 0.4) is 0 Å². The van der Waals surface area contributed by atoms with Crippen molar-refractivity contribution in [2.24, 2.45) is 0 Å². The normalized spacial score (nSPS) is 15.8. The van der Waals surface area contributed by atoms with Crippen LogP contribution < -0.4 is 4.74 Å². The van der Waals surface area contributed by atoms with E-state index in [1.165, 1.54) is 5.52 Å². The highest BCUT2D eigenvalue weighted by Gasteiger charge is 2.23. The van der Waals surface area contributed by atoms with Crippen molar-refractivity contribution >= 4 is 21.9 Å². The predicted molar refractivity (Wildman–Crippen MR) is 119 cm³/mol. The van der Waals surface area contributed by atoms with E-state index < -0.39 is 0 Å². The van der Waals surface area contributed by atoms with Gasteiger partial charge in [0.15, 0.2) is 11.5 Å². The minimum absolute atomic E-state index is 0.141. The average molecular weight is 402 g/mol. The summed E-state index contributed by atoms with van der Waals surface area (Å²) in [4.78, 5) is 11.9. The van der Waals surface area contributed by atoms with Gasteiger partial charge >= 0.3 is 0 Å². The van der Waals surface area contributed by atoms with Crippen molar-refractivity contribution in [1.29, 1.82) is 0 Å². The molecule has 1 saturated heterocycles. The Balaban J connectivity index is 1.70.